The molecule has 0 radical (unpaired) electrons. The highest BCUT2D eigenvalue weighted by Crippen LogP contribution is 2.31. The molecule has 2 saturated heterocycles. The Morgan fingerprint density at radius 1 is 1.04 bits per heavy atom. The number of amides is 1. The first-order valence-corrected chi connectivity index (χ1v) is 9.27. The lowest BCUT2D eigenvalue weighted by atomic mass is 9.79. The van der Waals surface area contributed by atoms with Gasteiger partial charge in [0.05, 0.1) is 11.3 Å². The van der Waals surface area contributed by atoms with Crippen LogP contribution in [0.4, 0.5) is 0 Å². The van der Waals surface area contributed by atoms with E-state index in [0.29, 0.717) is 5.56 Å². The molecule has 2 fully saturated rings. The summed E-state index contributed by atoms with van der Waals surface area (Å²) in [5, 5.41) is 7.62. The summed E-state index contributed by atoms with van der Waals surface area (Å²) in [7, 11) is 0. The van der Waals surface area contributed by atoms with Crippen molar-refractivity contribution < 1.29 is 4.79 Å². The van der Waals surface area contributed by atoms with Crippen LogP contribution in [0.5, 0.6) is 0 Å². The van der Waals surface area contributed by atoms with E-state index in [2.05, 4.69) is 15.4 Å². The van der Waals surface area contributed by atoms with E-state index in [1.807, 2.05) is 29.2 Å². The standard InChI is InChI=1S/C19H25N5O/c25-19(17-3-1-2-4-18(17)24-14-21-13-22-24)23-11-7-16(8-12-23)15-5-9-20-10-6-15/h1-4,13-16,20H,5-12H2. The zero-order valence-electron chi connectivity index (χ0n) is 14.5. The van der Waals surface area contributed by atoms with Gasteiger partial charge in [0.1, 0.15) is 12.7 Å². The van der Waals surface area contributed by atoms with Crippen LogP contribution < -0.4 is 5.32 Å². The van der Waals surface area contributed by atoms with Crippen molar-refractivity contribution in [1.29, 1.82) is 0 Å². The summed E-state index contributed by atoms with van der Waals surface area (Å²) in [6, 6.07) is 7.65. The molecule has 2 aliphatic rings. The fourth-order valence-corrected chi connectivity index (χ4v) is 4.25. The van der Waals surface area contributed by atoms with E-state index in [1.165, 1.54) is 19.2 Å². The summed E-state index contributed by atoms with van der Waals surface area (Å²) in [6.07, 6.45) is 7.95. The van der Waals surface area contributed by atoms with Crippen molar-refractivity contribution in [2.75, 3.05) is 26.2 Å². The summed E-state index contributed by atoms with van der Waals surface area (Å²) >= 11 is 0. The van der Waals surface area contributed by atoms with Crippen molar-refractivity contribution in [1.82, 2.24) is 25.0 Å². The minimum absolute atomic E-state index is 0.106. The van der Waals surface area contributed by atoms with Crippen molar-refractivity contribution in [3.63, 3.8) is 0 Å². The number of nitrogens with zero attached hydrogens (tertiary/aromatic N) is 4. The SMILES string of the molecule is O=C(c1ccccc1-n1cncn1)N1CCC(C2CCNCC2)CC1. The van der Waals surface area contributed by atoms with Gasteiger partial charge in [-0.05, 0) is 62.7 Å². The number of aromatic nitrogens is 3. The van der Waals surface area contributed by atoms with Gasteiger partial charge in [-0.25, -0.2) is 9.67 Å². The first-order valence-electron chi connectivity index (χ1n) is 9.27. The molecule has 1 aromatic carbocycles. The minimum Gasteiger partial charge on any atom is -0.339 e. The molecule has 132 valence electrons. The maximum atomic E-state index is 13.1. The average molecular weight is 339 g/mol. The zero-order chi connectivity index (χ0) is 17.1. The lowest BCUT2D eigenvalue weighted by molar-refractivity contribution is 0.0642. The quantitative estimate of drug-likeness (QED) is 0.930. The van der Waals surface area contributed by atoms with Crippen LogP contribution in [-0.2, 0) is 0 Å². The first-order chi connectivity index (χ1) is 12.3. The van der Waals surface area contributed by atoms with E-state index in [1.54, 1.807) is 11.0 Å². The number of hydrogen-bond acceptors (Lipinski definition) is 4. The fraction of sp³-hybridized carbons (Fsp3) is 0.526. The molecule has 4 rings (SSSR count). The number of benzene rings is 1. The number of piperidine rings is 2. The number of likely N-dealkylation sites (tertiary alicyclic amines) is 1. The van der Waals surface area contributed by atoms with E-state index in [4.69, 9.17) is 0 Å². The summed E-state index contributed by atoms with van der Waals surface area (Å²) < 4.78 is 1.66. The third-order valence-corrected chi connectivity index (χ3v) is 5.68. The smallest absolute Gasteiger partial charge is 0.256 e. The van der Waals surface area contributed by atoms with E-state index in [0.717, 1.165) is 56.5 Å². The molecule has 6 nitrogen and oxygen atoms in total. The molecule has 25 heavy (non-hydrogen) atoms. The second kappa shape index (κ2) is 7.35. The molecule has 3 heterocycles. The second-order valence-electron chi connectivity index (χ2n) is 7.07. The van der Waals surface area contributed by atoms with Crippen molar-refractivity contribution in [2.45, 2.75) is 25.7 Å². The Morgan fingerprint density at radius 3 is 2.48 bits per heavy atom. The monoisotopic (exact) mass is 339 g/mol. The molecule has 1 N–H and O–H groups in total. The lowest BCUT2D eigenvalue weighted by Crippen LogP contribution is -2.42. The van der Waals surface area contributed by atoms with Crippen molar-refractivity contribution in [3.8, 4) is 5.69 Å². The Kier molecular flexibility index (Phi) is 4.78. The maximum absolute atomic E-state index is 13.1. The van der Waals surface area contributed by atoms with Gasteiger partial charge in [0, 0.05) is 13.1 Å². The summed E-state index contributed by atoms with van der Waals surface area (Å²) in [5.74, 6) is 1.72. The molecule has 1 aromatic heterocycles. The highest BCUT2D eigenvalue weighted by molar-refractivity contribution is 5.97. The first kappa shape index (κ1) is 16.3. The summed E-state index contributed by atoms with van der Waals surface area (Å²) in [6.45, 7) is 4.02. The maximum Gasteiger partial charge on any atom is 0.256 e. The highest BCUT2D eigenvalue weighted by Gasteiger charge is 2.30. The molecule has 0 spiro atoms. The van der Waals surface area contributed by atoms with Gasteiger partial charge in [0.2, 0.25) is 0 Å². The van der Waals surface area contributed by atoms with Crippen LogP contribution in [0, 0.1) is 11.8 Å². The molecule has 1 amide bonds. The number of hydrogen-bond donors (Lipinski definition) is 1. The van der Waals surface area contributed by atoms with E-state index < -0.39 is 0 Å². The molecule has 2 aromatic rings. The molecule has 2 aliphatic heterocycles. The third kappa shape index (κ3) is 3.44. The van der Waals surface area contributed by atoms with Gasteiger partial charge in [-0.2, -0.15) is 5.10 Å². The Bertz CT molecular complexity index is 700. The van der Waals surface area contributed by atoms with E-state index in [-0.39, 0.29) is 5.91 Å². The van der Waals surface area contributed by atoms with Crippen LogP contribution in [-0.4, -0.2) is 51.8 Å². The van der Waals surface area contributed by atoms with Crippen LogP contribution >= 0.6 is 0 Å². The molecular formula is C19H25N5O. The fourth-order valence-electron chi connectivity index (χ4n) is 4.25. The predicted octanol–water partition coefficient (Wildman–Crippen LogP) is 2.12. The second-order valence-corrected chi connectivity index (χ2v) is 7.07. The average Bonchev–Trinajstić information content (AvgIpc) is 3.23. The van der Waals surface area contributed by atoms with Gasteiger partial charge in [0.15, 0.2) is 0 Å². The summed E-state index contributed by atoms with van der Waals surface area (Å²) in [5.41, 5.74) is 1.50. The highest BCUT2D eigenvalue weighted by atomic mass is 16.2. The number of carbonyl (C=O) groups excluding carboxylic acids is 1. The van der Waals surface area contributed by atoms with Crippen molar-refractivity contribution >= 4 is 5.91 Å². The Balaban J connectivity index is 1.44. The Morgan fingerprint density at radius 2 is 1.76 bits per heavy atom. The van der Waals surface area contributed by atoms with Crippen LogP contribution in [0.3, 0.4) is 0 Å². The molecule has 0 bridgehead atoms. The molecular weight excluding hydrogens is 314 g/mol. The summed E-state index contributed by atoms with van der Waals surface area (Å²) in [4.78, 5) is 19.1. The molecule has 6 heteroatoms. The lowest BCUT2D eigenvalue weighted by Gasteiger charge is -2.38. The van der Waals surface area contributed by atoms with Gasteiger partial charge in [-0.1, -0.05) is 12.1 Å². The van der Waals surface area contributed by atoms with Gasteiger partial charge in [-0.3, -0.25) is 4.79 Å². The number of para-hydroxylation sites is 1. The minimum atomic E-state index is 0.106. The normalized spacial score (nSPS) is 19.9. The molecule has 0 saturated carbocycles. The topological polar surface area (TPSA) is 63.1 Å². The Labute approximate surface area is 148 Å². The van der Waals surface area contributed by atoms with Gasteiger partial charge in [-0.15, -0.1) is 0 Å². The van der Waals surface area contributed by atoms with Crippen molar-refractivity contribution in [3.05, 3.63) is 42.5 Å². The van der Waals surface area contributed by atoms with E-state index >= 15 is 0 Å². The number of rotatable bonds is 3. The predicted molar refractivity (Wildman–Crippen MR) is 95.6 cm³/mol. The van der Waals surface area contributed by atoms with Crippen LogP contribution in [0.25, 0.3) is 5.69 Å². The van der Waals surface area contributed by atoms with Crippen LogP contribution in [0.1, 0.15) is 36.0 Å². The molecule has 0 atom stereocenters. The Hall–Kier alpha value is -2.21. The molecule has 0 aliphatic carbocycles. The van der Waals surface area contributed by atoms with Crippen molar-refractivity contribution in [2.24, 2.45) is 11.8 Å². The zero-order valence-corrected chi connectivity index (χ0v) is 14.5. The third-order valence-electron chi connectivity index (χ3n) is 5.68. The number of carbonyl (C=O) groups is 1. The molecule has 0 unspecified atom stereocenters. The van der Waals surface area contributed by atoms with Gasteiger partial charge >= 0.3 is 0 Å². The van der Waals surface area contributed by atoms with E-state index in [9.17, 15) is 4.79 Å². The van der Waals surface area contributed by atoms with Gasteiger partial charge < -0.3 is 10.2 Å². The largest absolute Gasteiger partial charge is 0.339 e. The van der Waals surface area contributed by atoms with Crippen LogP contribution in [0.2, 0.25) is 0 Å². The van der Waals surface area contributed by atoms with Crippen LogP contribution in [0.15, 0.2) is 36.9 Å². The number of nitrogens with one attached hydrogen (secondary N) is 1. The van der Waals surface area contributed by atoms with Gasteiger partial charge in [0.25, 0.3) is 5.91 Å².